The molecule has 2 aromatic rings. The van der Waals surface area contributed by atoms with Gasteiger partial charge in [0, 0.05) is 10.4 Å². The fourth-order valence-corrected chi connectivity index (χ4v) is 4.11. The van der Waals surface area contributed by atoms with Crippen LogP contribution in [0.4, 0.5) is 9.39 Å². The van der Waals surface area contributed by atoms with Crippen molar-refractivity contribution in [3.8, 4) is 0 Å². The van der Waals surface area contributed by atoms with Crippen molar-refractivity contribution in [1.29, 1.82) is 0 Å². The maximum absolute atomic E-state index is 12.9. The Morgan fingerprint density at radius 2 is 1.78 bits per heavy atom. The van der Waals surface area contributed by atoms with Crippen LogP contribution in [0.2, 0.25) is 0 Å². The highest BCUT2D eigenvalue weighted by Crippen LogP contribution is 2.37. The SMILES string of the molecule is O=C(Nc1sc2c(c1C(=O)O)CCCCC2)c1ccc(F)cc1. The highest BCUT2D eigenvalue weighted by atomic mass is 32.1. The van der Waals surface area contributed by atoms with Gasteiger partial charge in [0.15, 0.2) is 0 Å². The second kappa shape index (κ2) is 6.50. The predicted molar refractivity (Wildman–Crippen MR) is 86.9 cm³/mol. The van der Waals surface area contributed by atoms with Gasteiger partial charge in [-0.25, -0.2) is 9.18 Å². The summed E-state index contributed by atoms with van der Waals surface area (Å²) in [5.74, 6) is -1.86. The van der Waals surface area contributed by atoms with Gasteiger partial charge in [0.25, 0.3) is 5.91 Å². The summed E-state index contributed by atoms with van der Waals surface area (Å²) in [6.07, 6.45) is 4.69. The Labute approximate surface area is 137 Å². The molecule has 1 aromatic heterocycles. The van der Waals surface area contributed by atoms with Crippen LogP contribution in [0, 0.1) is 5.82 Å². The minimum absolute atomic E-state index is 0.211. The van der Waals surface area contributed by atoms with Crippen molar-refractivity contribution in [3.05, 3.63) is 51.7 Å². The molecule has 4 nitrogen and oxygen atoms in total. The van der Waals surface area contributed by atoms with E-state index in [4.69, 9.17) is 0 Å². The number of thiophene rings is 1. The van der Waals surface area contributed by atoms with Crippen LogP contribution in [0.5, 0.6) is 0 Å². The molecule has 0 bridgehead atoms. The number of carbonyl (C=O) groups excluding carboxylic acids is 1. The van der Waals surface area contributed by atoms with Gasteiger partial charge in [0.05, 0.1) is 5.56 Å². The fourth-order valence-electron chi connectivity index (χ4n) is 2.83. The number of fused-ring (bicyclic) bond motifs is 1. The maximum atomic E-state index is 12.9. The summed E-state index contributed by atoms with van der Waals surface area (Å²) < 4.78 is 12.9. The topological polar surface area (TPSA) is 66.4 Å². The summed E-state index contributed by atoms with van der Waals surface area (Å²) in [7, 11) is 0. The van der Waals surface area contributed by atoms with Crippen LogP contribution in [0.15, 0.2) is 24.3 Å². The standard InChI is InChI=1S/C17H16FNO3S/c18-11-8-6-10(7-9-11)15(20)19-16-14(17(21)22)12-4-2-1-3-5-13(12)23-16/h6-9H,1-5H2,(H,19,20)(H,21,22). The molecule has 0 atom stereocenters. The van der Waals surface area contributed by atoms with Gasteiger partial charge < -0.3 is 10.4 Å². The Kier molecular flexibility index (Phi) is 4.43. The van der Waals surface area contributed by atoms with Gasteiger partial charge in [-0.15, -0.1) is 11.3 Å². The number of carboxylic acids is 1. The van der Waals surface area contributed by atoms with E-state index in [2.05, 4.69) is 5.32 Å². The molecule has 3 rings (SSSR count). The van der Waals surface area contributed by atoms with E-state index in [0.29, 0.717) is 10.6 Å². The molecule has 0 radical (unpaired) electrons. The number of aromatic carboxylic acids is 1. The highest BCUT2D eigenvalue weighted by Gasteiger charge is 2.25. The van der Waals surface area contributed by atoms with Crippen LogP contribution in [0.3, 0.4) is 0 Å². The first-order valence-electron chi connectivity index (χ1n) is 7.51. The van der Waals surface area contributed by atoms with E-state index in [-0.39, 0.29) is 5.56 Å². The number of halogens is 1. The molecule has 0 saturated carbocycles. The number of hydrogen-bond donors (Lipinski definition) is 2. The smallest absolute Gasteiger partial charge is 0.339 e. The third-order valence-corrected chi connectivity index (χ3v) is 5.18. The summed E-state index contributed by atoms with van der Waals surface area (Å²) >= 11 is 1.34. The van der Waals surface area contributed by atoms with Crippen LogP contribution >= 0.6 is 11.3 Å². The number of benzene rings is 1. The van der Waals surface area contributed by atoms with Gasteiger partial charge in [-0.1, -0.05) is 6.42 Å². The van der Waals surface area contributed by atoms with Crippen LogP contribution in [-0.4, -0.2) is 17.0 Å². The number of amides is 1. The molecule has 6 heteroatoms. The van der Waals surface area contributed by atoms with Gasteiger partial charge in [-0.05, 0) is 55.5 Å². The van der Waals surface area contributed by atoms with Crippen LogP contribution in [-0.2, 0) is 12.8 Å². The van der Waals surface area contributed by atoms with Gasteiger partial charge in [-0.3, -0.25) is 4.79 Å². The zero-order chi connectivity index (χ0) is 16.4. The molecule has 2 N–H and O–H groups in total. The lowest BCUT2D eigenvalue weighted by Crippen LogP contribution is -2.14. The number of hydrogen-bond acceptors (Lipinski definition) is 3. The largest absolute Gasteiger partial charge is 0.478 e. The summed E-state index contributed by atoms with van der Waals surface area (Å²) in [6.45, 7) is 0. The molecule has 120 valence electrons. The summed E-state index contributed by atoms with van der Waals surface area (Å²) in [5.41, 5.74) is 1.36. The van der Waals surface area contributed by atoms with Gasteiger partial charge >= 0.3 is 5.97 Å². The van der Waals surface area contributed by atoms with Crippen molar-refractivity contribution >= 4 is 28.2 Å². The number of aryl methyl sites for hydroxylation is 1. The lowest BCUT2D eigenvalue weighted by Gasteiger charge is -2.05. The Morgan fingerprint density at radius 1 is 1.09 bits per heavy atom. The van der Waals surface area contributed by atoms with E-state index in [9.17, 15) is 19.1 Å². The van der Waals surface area contributed by atoms with Crippen molar-refractivity contribution in [3.63, 3.8) is 0 Å². The molecule has 0 fully saturated rings. The van der Waals surface area contributed by atoms with Crippen LogP contribution < -0.4 is 5.32 Å². The molecular formula is C17H16FNO3S. The van der Waals surface area contributed by atoms with Crippen molar-refractivity contribution < 1.29 is 19.1 Å². The van der Waals surface area contributed by atoms with Crippen molar-refractivity contribution in [2.75, 3.05) is 5.32 Å². The van der Waals surface area contributed by atoms with E-state index in [0.717, 1.165) is 42.5 Å². The zero-order valence-corrected chi connectivity index (χ0v) is 13.2. The number of carbonyl (C=O) groups is 2. The lowest BCUT2D eigenvalue weighted by molar-refractivity contribution is 0.0697. The predicted octanol–water partition coefficient (Wildman–Crippen LogP) is 4.11. The number of nitrogens with one attached hydrogen (secondary N) is 1. The van der Waals surface area contributed by atoms with Crippen molar-refractivity contribution in [2.24, 2.45) is 0 Å². The first-order chi connectivity index (χ1) is 11.1. The number of rotatable bonds is 3. The average Bonchev–Trinajstić information content (AvgIpc) is 2.69. The number of anilines is 1. The molecule has 1 heterocycles. The van der Waals surface area contributed by atoms with Gasteiger partial charge in [0.2, 0.25) is 0 Å². The van der Waals surface area contributed by atoms with Gasteiger partial charge in [-0.2, -0.15) is 0 Å². The Morgan fingerprint density at radius 3 is 2.48 bits per heavy atom. The van der Waals surface area contributed by atoms with Crippen LogP contribution in [0.25, 0.3) is 0 Å². The first-order valence-corrected chi connectivity index (χ1v) is 8.32. The minimum atomic E-state index is -1.01. The Bertz CT molecular complexity index is 752. The summed E-state index contributed by atoms with van der Waals surface area (Å²) in [5, 5.41) is 12.6. The molecule has 1 aliphatic carbocycles. The van der Waals surface area contributed by atoms with Crippen LogP contribution in [0.1, 0.15) is 50.4 Å². The average molecular weight is 333 g/mol. The first kappa shape index (κ1) is 15.7. The normalized spacial score (nSPS) is 14.0. The number of carboxylic acid groups (broad SMARTS) is 1. The third kappa shape index (κ3) is 3.27. The van der Waals surface area contributed by atoms with E-state index in [1.54, 1.807) is 0 Å². The van der Waals surface area contributed by atoms with Crippen molar-refractivity contribution in [2.45, 2.75) is 32.1 Å². The summed E-state index contributed by atoms with van der Waals surface area (Å²) in [6, 6.07) is 5.17. The molecule has 1 aromatic carbocycles. The third-order valence-electron chi connectivity index (χ3n) is 3.97. The summed E-state index contributed by atoms with van der Waals surface area (Å²) in [4.78, 5) is 24.9. The quantitative estimate of drug-likeness (QED) is 0.831. The van der Waals surface area contributed by atoms with E-state index < -0.39 is 17.7 Å². The molecular weight excluding hydrogens is 317 g/mol. The Hall–Kier alpha value is -2.21. The van der Waals surface area contributed by atoms with Crippen molar-refractivity contribution in [1.82, 2.24) is 0 Å². The molecule has 0 aliphatic heterocycles. The van der Waals surface area contributed by atoms with E-state index in [1.165, 1.54) is 35.6 Å². The molecule has 1 amide bonds. The molecule has 1 aliphatic rings. The second-order valence-electron chi connectivity index (χ2n) is 5.53. The fraction of sp³-hybridized carbons (Fsp3) is 0.294. The lowest BCUT2D eigenvalue weighted by atomic mass is 10.1. The molecule has 23 heavy (non-hydrogen) atoms. The van der Waals surface area contributed by atoms with Gasteiger partial charge in [0.1, 0.15) is 10.8 Å². The van der Waals surface area contributed by atoms with E-state index >= 15 is 0 Å². The minimum Gasteiger partial charge on any atom is -0.478 e. The monoisotopic (exact) mass is 333 g/mol. The Balaban J connectivity index is 1.92. The molecule has 0 unspecified atom stereocenters. The molecule has 0 saturated heterocycles. The highest BCUT2D eigenvalue weighted by molar-refractivity contribution is 7.17. The molecule has 0 spiro atoms. The zero-order valence-electron chi connectivity index (χ0n) is 12.4. The second-order valence-corrected chi connectivity index (χ2v) is 6.64. The maximum Gasteiger partial charge on any atom is 0.339 e. The van der Waals surface area contributed by atoms with E-state index in [1.807, 2.05) is 0 Å².